The van der Waals surface area contributed by atoms with Crippen molar-refractivity contribution >= 4 is 17.8 Å². The predicted octanol–water partition coefficient (Wildman–Crippen LogP) is 4.71. The molecule has 0 aromatic heterocycles. The standard InChI is InChI=1S/C34H44FN3O4/c1-2-42-33(41)34(27-10-4-3-5-11-27)16-18-38(19-17-34)32(40)30(20-24-12-14-28(35)15-13-24)37-31(39)22-29-21-25-8-6-7-9-26(25)23-36-29/h6-9,12-15,27,29-30,36H,2-5,10-11,16-23H2,1H3,(H,37,39). The molecule has 2 aromatic carbocycles. The van der Waals surface area contributed by atoms with Crippen molar-refractivity contribution in [2.24, 2.45) is 11.3 Å². The zero-order valence-corrected chi connectivity index (χ0v) is 24.7. The topological polar surface area (TPSA) is 87.7 Å². The smallest absolute Gasteiger partial charge is 0.312 e. The average molecular weight is 578 g/mol. The maximum atomic E-state index is 13.9. The summed E-state index contributed by atoms with van der Waals surface area (Å²) >= 11 is 0. The Morgan fingerprint density at radius 3 is 2.40 bits per heavy atom. The van der Waals surface area contributed by atoms with Crippen LogP contribution in [0.4, 0.5) is 4.39 Å². The molecule has 1 saturated carbocycles. The molecule has 2 heterocycles. The van der Waals surface area contributed by atoms with Crippen molar-refractivity contribution < 1.29 is 23.5 Å². The average Bonchev–Trinajstić information content (AvgIpc) is 3.02. The van der Waals surface area contributed by atoms with E-state index in [1.165, 1.54) is 29.7 Å². The second-order valence-corrected chi connectivity index (χ2v) is 12.2. The minimum Gasteiger partial charge on any atom is -0.466 e. The van der Waals surface area contributed by atoms with Gasteiger partial charge in [-0.2, -0.15) is 0 Å². The number of hydrogen-bond acceptors (Lipinski definition) is 5. The van der Waals surface area contributed by atoms with Gasteiger partial charge in [0.1, 0.15) is 11.9 Å². The lowest BCUT2D eigenvalue weighted by molar-refractivity contribution is -0.166. The van der Waals surface area contributed by atoms with Crippen molar-refractivity contribution in [1.29, 1.82) is 0 Å². The number of nitrogens with one attached hydrogen (secondary N) is 2. The molecule has 3 aliphatic rings. The molecule has 2 amide bonds. The molecule has 42 heavy (non-hydrogen) atoms. The van der Waals surface area contributed by atoms with Gasteiger partial charge >= 0.3 is 5.97 Å². The monoisotopic (exact) mass is 577 g/mol. The molecule has 0 bridgehead atoms. The number of amides is 2. The summed E-state index contributed by atoms with van der Waals surface area (Å²) in [5.74, 6) is -0.529. The minimum absolute atomic E-state index is 0.0165. The van der Waals surface area contributed by atoms with Gasteiger partial charge in [0.2, 0.25) is 11.8 Å². The van der Waals surface area contributed by atoms with Crippen molar-refractivity contribution in [3.8, 4) is 0 Å². The van der Waals surface area contributed by atoms with Gasteiger partial charge in [-0.3, -0.25) is 14.4 Å². The molecule has 2 aliphatic heterocycles. The Hall–Kier alpha value is -3.26. The molecule has 2 aromatic rings. The molecular weight excluding hydrogens is 533 g/mol. The number of halogens is 1. The van der Waals surface area contributed by atoms with Crippen LogP contribution in [0.3, 0.4) is 0 Å². The van der Waals surface area contributed by atoms with Crippen LogP contribution in [0.25, 0.3) is 0 Å². The molecule has 1 aliphatic carbocycles. The summed E-state index contributed by atoms with van der Waals surface area (Å²) in [5.41, 5.74) is 2.71. The number of carbonyl (C=O) groups excluding carboxylic acids is 3. The van der Waals surface area contributed by atoms with E-state index in [4.69, 9.17) is 4.74 Å². The molecule has 1 saturated heterocycles. The Morgan fingerprint density at radius 2 is 1.71 bits per heavy atom. The van der Waals surface area contributed by atoms with Crippen LogP contribution in [0, 0.1) is 17.2 Å². The molecule has 2 N–H and O–H groups in total. The van der Waals surface area contributed by atoms with Crippen molar-refractivity contribution in [3.63, 3.8) is 0 Å². The highest BCUT2D eigenvalue weighted by Gasteiger charge is 2.49. The first kappa shape index (κ1) is 30.2. The first-order valence-corrected chi connectivity index (χ1v) is 15.7. The fourth-order valence-electron chi connectivity index (χ4n) is 7.25. The van der Waals surface area contributed by atoms with Gasteiger partial charge in [-0.05, 0) is 73.8 Å². The molecule has 7 nitrogen and oxygen atoms in total. The molecule has 5 rings (SSSR count). The van der Waals surface area contributed by atoms with Crippen molar-refractivity contribution in [2.75, 3.05) is 19.7 Å². The first-order valence-electron chi connectivity index (χ1n) is 15.7. The van der Waals surface area contributed by atoms with Crippen LogP contribution in [-0.2, 0) is 38.5 Å². The normalized spacial score (nSPS) is 21.2. The number of benzene rings is 2. The van der Waals surface area contributed by atoms with Gasteiger partial charge in [-0.1, -0.05) is 55.7 Å². The van der Waals surface area contributed by atoms with Crippen molar-refractivity contribution in [3.05, 3.63) is 71.0 Å². The van der Waals surface area contributed by atoms with E-state index >= 15 is 0 Å². The van der Waals surface area contributed by atoms with E-state index in [9.17, 15) is 18.8 Å². The maximum Gasteiger partial charge on any atom is 0.312 e. The largest absolute Gasteiger partial charge is 0.466 e. The highest BCUT2D eigenvalue weighted by atomic mass is 19.1. The third-order valence-electron chi connectivity index (χ3n) is 9.62. The summed E-state index contributed by atoms with van der Waals surface area (Å²) in [6, 6.07) is 13.5. The zero-order chi connectivity index (χ0) is 29.5. The number of piperidine rings is 1. The maximum absolute atomic E-state index is 13.9. The SMILES string of the molecule is CCOC(=O)C1(C2CCCCC2)CCN(C(=O)C(Cc2ccc(F)cc2)NC(=O)CC2Cc3ccccc3CN2)CC1. The lowest BCUT2D eigenvalue weighted by Gasteiger charge is -2.46. The fraction of sp³-hybridized carbons (Fsp3) is 0.559. The third kappa shape index (κ3) is 7.02. The van der Waals surface area contributed by atoms with Crippen LogP contribution >= 0.6 is 0 Å². The number of fused-ring (bicyclic) bond motifs is 1. The number of hydrogen-bond donors (Lipinski definition) is 2. The lowest BCUT2D eigenvalue weighted by Crippen LogP contribution is -2.56. The molecule has 0 spiro atoms. The summed E-state index contributed by atoms with van der Waals surface area (Å²) in [6.07, 6.45) is 7.94. The quantitative estimate of drug-likeness (QED) is 0.422. The minimum atomic E-state index is -0.774. The molecular formula is C34H44FN3O4. The number of ether oxygens (including phenoxy) is 1. The Morgan fingerprint density at radius 1 is 1.02 bits per heavy atom. The highest BCUT2D eigenvalue weighted by Crippen LogP contribution is 2.47. The lowest BCUT2D eigenvalue weighted by atomic mass is 9.63. The molecule has 2 atom stereocenters. The molecule has 2 fully saturated rings. The second kappa shape index (κ2) is 13.8. The summed E-state index contributed by atoms with van der Waals surface area (Å²) in [4.78, 5) is 42.3. The fourth-order valence-corrected chi connectivity index (χ4v) is 7.25. The van der Waals surface area contributed by atoms with Gasteiger partial charge in [-0.25, -0.2) is 4.39 Å². The van der Waals surface area contributed by atoms with Crippen LogP contribution < -0.4 is 10.6 Å². The Labute approximate surface area is 248 Å². The van der Waals surface area contributed by atoms with Crippen LogP contribution in [0.2, 0.25) is 0 Å². The number of esters is 1. The van der Waals surface area contributed by atoms with E-state index in [-0.39, 0.29) is 48.4 Å². The van der Waals surface area contributed by atoms with Crippen molar-refractivity contribution in [1.82, 2.24) is 15.5 Å². The van der Waals surface area contributed by atoms with Crippen LogP contribution in [0.5, 0.6) is 0 Å². The van der Waals surface area contributed by atoms with E-state index < -0.39 is 11.5 Å². The van der Waals surface area contributed by atoms with E-state index in [0.29, 0.717) is 39.1 Å². The third-order valence-corrected chi connectivity index (χ3v) is 9.62. The van der Waals surface area contributed by atoms with E-state index in [1.807, 2.05) is 19.1 Å². The molecule has 2 unspecified atom stereocenters. The van der Waals surface area contributed by atoms with Gasteiger partial charge in [0, 0.05) is 38.5 Å². The predicted molar refractivity (Wildman–Crippen MR) is 159 cm³/mol. The van der Waals surface area contributed by atoms with E-state index in [1.54, 1.807) is 17.0 Å². The summed E-state index contributed by atoms with van der Waals surface area (Å²) in [6.45, 7) is 3.80. The Kier molecular flexibility index (Phi) is 9.93. The number of likely N-dealkylation sites (tertiary alicyclic amines) is 1. The van der Waals surface area contributed by atoms with Gasteiger partial charge in [0.25, 0.3) is 0 Å². The van der Waals surface area contributed by atoms with Gasteiger partial charge < -0.3 is 20.3 Å². The van der Waals surface area contributed by atoms with Gasteiger partial charge in [-0.15, -0.1) is 0 Å². The Balaban J connectivity index is 1.27. The summed E-state index contributed by atoms with van der Waals surface area (Å²) in [7, 11) is 0. The van der Waals surface area contributed by atoms with Crippen LogP contribution in [-0.4, -0.2) is 54.5 Å². The van der Waals surface area contributed by atoms with Crippen LogP contribution in [0.1, 0.15) is 75.0 Å². The molecule has 8 heteroatoms. The summed E-state index contributed by atoms with van der Waals surface area (Å²) in [5, 5.41) is 6.47. The van der Waals surface area contributed by atoms with Gasteiger partial charge in [0.15, 0.2) is 0 Å². The molecule has 0 radical (unpaired) electrons. The second-order valence-electron chi connectivity index (χ2n) is 12.2. The van der Waals surface area contributed by atoms with E-state index in [0.717, 1.165) is 37.7 Å². The van der Waals surface area contributed by atoms with Crippen LogP contribution in [0.15, 0.2) is 48.5 Å². The Bertz CT molecular complexity index is 1240. The molecule has 226 valence electrons. The highest BCUT2D eigenvalue weighted by molar-refractivity contribution is 5.88. The number of carbonyl (C=O) groups is 3. The number of rotatable bonds is 9. The zero-order valence-electron chi connectivity index (χ0n) is 24.7. The number of nitrogens with zero attached hydrogens (tertiary/aromatic N) is 1. The summed E-state index contributed by atoms with van der Waals surface area (Å²) < 4.78 is 19.2. The van der Waals surface area contributed by atoms with Crippen molar-refractivity contribution in [2.45, 2.75) is 89.8 Å². The van der Waals surface area contributed by atoms with Gasteiger partial charge in [0.05, 0.1) is 12.0 Å². The first-order chi connectivity index (χ1) is 20.4. The van der Waals surface area contributed by atoms with E-state index in [2.05, 4.69) is 22.8 Å².